The molecule has 0 atom stereocenters. The number of carbonyl (C=O) groups is 3. The predicted octanol–water partition coefficient (Wildman–Crippen LogP) is 3.69. The lowest BCUT2D eigenvalue weighted by molar-refractivity contribution is -0.142. The summed E-state index contributed by atoms with van der Waals surface area (Å²) >= 11 is 0. The van der Waals surface area contributed by atoms with Crippen molar-refractivity contribution in [2.24, 2.45) is 5.73 Å². The van der Waals surface area contributed by atoms with E-state index in [1.165, 1.54) is 4.90 Å². The van der Waals surface area contributed by atoms with Crippen LogP contribution in [-0.2, 0) is 19.1 Å². The molecule has 3 aromatic rings. The third-order valence-corrected chi connectivity index (χ3v) is 5.02. The predicted molar refractivity (Wildman–Crippen MR) is 131 cm³/mol. The van der Waals surface area contributed by atoms with Crippen molar-refractivity contribution in [2.45, 2.75) is 6.42 Å². The molecule has 0 aliphatic rings. The van der Waals surface area contributed by atoms with Crippen molar-refractivity contribution < 1.29 is 23.9 Å². The average Bonchev–Trinajstić information content (AvgIpc) is 2.87. The minimum Gasteiger partial charge on any atom is -0.496 e. The van der Waals surface area contributed by atoms with Crippen LogP contribution in [0.15, 0.2) is 84.9 Å². The van der Waals surface area contributed by atoms with Gasteiger partial charge in [-0.3, -0.25) is 9.59 Å². The number of amides is 2. The summed E-state index contributed by atoms with van der Waals surface area (Å²) in [5, 5.41) is 0. The quantitative estimate of drug-likeness (QED) is 0.284. The zero-order chi connectivity index (χ0) is 24.3. The van der Waals surface area contributed by atoms with Crippen LogP contribution < -0.4 is 15.4 Å². The van der Waals surface area contributed by atoms with Crippen LogP contribution in [-0.4, -0.2) is 38.0 Å². The van der Waals surface area contributed by atoms with Crippen molar-refractivity contribution in [2.75, 3.05) is 25.2 Å². The average molecular weight is 459 g/mol. The molecule has 0 saturated heterocycles. The summed E-state index contributed by atoms with van der Waals surface area (Å²) in [6.45, 7) is -0.416. The fraction of sp³-hybridized carbons (Fsp3) is 0.148. The molecule has 7 heteroatoms. The summed E-state index contributed by atoms with van der Waals surface area (Å²) in [4.78, 5) is 38.7. The number of benzene rings is 3. The van der Waals surface area contributed by atoms with Gasteiger partial charge in [-0.1, -0.05) is 66.7 Å². The molecular weight excluding hydrogens is 432 g/mol. The summed E-state index contributed by atoms with van der Waals surface area (Å²) in [5.74, 6) is -1.06. The number of para-hydroxylation sites is 2. The summed E-state index contributed by atoms with van der Waals surface area (Å²) in [6.07, 6.45) is 1.65. The van der Waals surface area contributed by atoms with Gasteiger partial charge in [-0.15, -0.1) is 0 Å². The molecule has 0 saturated carbocycles. The first-order chi connectivity index (χ1) is 16.5. The standard InChI is InChI=1S/C27H26N2O5/c1-33-24-15-9-8-12-21(24)18-23(20-10-4-2-5-11-20)27(32)34-19-26(31)29(17-16-25(28)30)22-13-6-3-7-14-22/h2-15,18H,16-17,19H2,1H3,(H2,28,30)/b23-18+. The number of hydrogen-bond donors (Lipinski definition) is 1. The Hall–Kier alpha value is -4.39. The zero-order valence-corrected chi connectivity index (χ0v) is 18.8. The topological polar surface area (TPSA) is 98.9 Å². The minimum atomic E-state index is -0.659. The Morgan fingerprint density at radius 3 is 2.15 bits per heavy atom. The van der Waals surface area contributed by atoms with Crippen molar-refractivity contribution in [1.82, 2.24) is 0 Å². The summed E-state index contributed by atoms with van der Waals surface area (Å²) < 4.78 is 10.8. The zero-order valence-electron chi connectivity index (χ0n) is 18.8. The number of methoxy groups -OCH3 is 1. The molecule has 2 N–H and O–H groups in total. The Balaban J connectivity index is 1.82. The highest BCUT2D eigenvalue weighted by atomic mass is 16.5. The van der Waals surface area contributed by atoms with Crippen molar-refractivity contribution in [3.8, 4) is 5.75 Å². The van der Waals surface area contributed by atoms with Crippen LogP contribution in [0.4, 0.5) is 5.69 Å². The van der Waals surface area contributed by atoms with Gasteiger partial charge in [-0.05, 0) is 29.8 Å². The molecule has 0 bridgehead atoms. The third-order valence-electron chi connectivity index (χ3n) is 5.02. The molecule has 34 heavy (non-hydrogen) atoms. The van der Waals surface area contributed by atoms with Crippen molar-refractivity contribution in [1.29, 1.82) is 0 Å². The van der Waals surface area contributed by atoms with Crippen LogP contribution in [0.1, 0.15) is 17.5 Å². The van der Waals surface area contributed by atoms with Gasteiger partial charge in [0.1, 0.15) is 5.75 Å². The van der Waals surface area contributed by atoms with Gasteiger partial charge in [0, 0.05) is 24.2 Å². The molecule has 0 fully saturated rings. The van der Waals surface area contributed by atoms with Gasteiger partial charge in [-0.2, -0.15) is 0 Å². The lowest BCUT2D eigenvalue weighted by atomic mass is 10.0. The molecule has 174 valence electrons. The van der Waals surface area contributed by atoms with Crippen LogP contribution in [0.2, 0.25) is 0 Å². The molecule has 0 aliphatic carbocycles. The summed E-state index contributed by atoms with van der Waals surface area (Å²) in [6, 6.07) is 25.1. The van der Waals surface area contributed by atoms with E-state index in [1.807, 2.05) is 42.5 Å². The highest BCUT2D eigenvalue weighted by Gasteiger charge is 2.21. The largest absolute Gasteiger partial charge is 0.496 e. The Morgan fingerprint density at radius 1 is 0.882 bits per heavy atom. The molecule has 3 rings (SSSR count). The Bertz CT molecular complexity index is 1160. The second-order valence-corrected chi connectivity index (χ2v) is 7.34. The lowest BCUT2D eigenvalue weighted by Gasteiger charge is -2.22. The number of ether oxygens (including phenoxy) is 2. The molecule has 0 spiro atoms. The van der Waals surface area contributed by atoms with Crippen LogP contribution in [0.5, 0.6) is 5.75 Å². The number of anilines is 1. The van der Waals surface area contributed by atoms with Gasteiger partial charge in [0.2, 0.25) is 5.91 Å². The normalized spacial score (nSPS) is 10.9. The first-order valence-corrected chi connectivity index (χ1v) is 10.7. The number of rotatable bonds is 10. The molecule has 0 aromatic heterocycles. The summed E-state index contributed by atoms with van der Waals surface area (Å²) in [5.41, 5.74) is 7.45. The highest BCUT2D eigenvalue weighted by molar-refractivity contribution is 6.22. The monoisotopic (exact) mass is 458 g/mol. The Labute approximate surface area is 198 Å². The van der Waals surface area contributed by atoms with Gasteiger partial charge >= 0.3 is 5.97 Å². The second kappa shape index (κ2) is 12.0. The molecule has 0 heterocycles. The molecule has 0 aliphatic heterocycles. The smallest absolute Gasteiger partial charge is 0.339 e. The van der Waals surface area contributed by atoms with E-state index in [4.69, 9.17) is 15.2 Å². The van der Waals surface area contributed by atoms with E-state index in [0.29, 0.717) is 22.6 Å². The maximum absolute atomic E-state index is 13.1. The lowest BCUT2D eigenvalue weighted by Crippen LogP contribution is -2.37. The molecular formula is C27H26N2O5. The van der Waals surface area contributed by atoms with Crippen molar-refractivity contribution in [3.63, 3.8) is 0 Å². The van der Waals surface area contributed by atoms with E-state index in [0.717, 1.165) is 0 Å². The third kappa shape index (κ3) is 6.56. The van der Waals surface area contributed by atoms with Gasteiger partial charge < -0.3 is 20.1 Å². The molecule has 7 nitrogen and oxygen atoms in total. The minimum absolute atomic E-state index is 0.0163. The first kappa shape index (κ1) is 24.3. The van der Waals surface area contributed by atoms with Crippen molar-refractivity contribution in [3.05, 3.63) is 96.1 Å². The Kier molecular flexibility index (Phi) is 8.57. The Morgan fingerprint density at radius 2 is 1.50 bits per heavy atom. The van der Waals surface area contributed by atoms with E-state index >= 15 is 0 Å². The maximum atomic E-state index is 13.1. The van der Waals surface area contributed by atoms with Crippen LogP contribution in [0, 0.1) is 0 Å². The molecule has 3 aromatic carbocycles. The number of nitrogens with two attached hydrogens (primary N) is 1. The molecule has 0 radical (unpaired) electrons. The van der Waals surface area contributed by atoms with Gasteiger partial charge in [0.15, 0.2) is 6.61 Å². The number of carbonyl (C=O) groups excluding carboxylic acids is 3. The van der Waals surface area contributed by atoms with E-state index < -0.39 is 24.4 Å². The van der Waals surface area contributed by atoms with Crippen molar-refractivity contribution >= 4 is 35.1 Å². The molecule has 0 unspecified atom stereocenters. The van der Waals surface area contributed by atoms with E-state index in [1.54, 1.807) is 55.7 Å². The maximum Gasteiger partial charge on any atom is 0.339 e. The van der Waals surface area contributed by atoms with Crippen LogP contribution in [0.25, 0.3) is 11.6 Å². The number of nitrogens with zero attached hydrogens (tertiary/aromatic N) is 1. The SMILES string of the molecule is COc1ccccc1/C=C(/C(=O)OCC(=O)N(CCC(N)=O)c1ccccc1)c1ccccc1. The fourth-order valence-corrected chi connectivity index (χ4v) is 3.33. The summed E-state index contributed by atoms with van der Waals surface area (Å²) in [7, 11) is 1.55. The second-order valence-electron chi connectivity index (χ2n) is 7.34. The number of hydrogen-bond acceptors (Lipinski definition) is 5. The number of primary amides is 1. The van der Waals surface area contributed by atoms with Gasteiger partial charge in [-0.25, -0.2) is 4.79 Å². The first-order valence-electron chi connectivity index (χ1n) is 10.7. The highest BCUT2D eigenvalue weighted by Crippen LogP contribution is 2.25. The number of esters is 1. The van der Waals surface area contributed by atoms with Gasteiger partial charge in [0.25, 0.3) is 5.91 Å². The van der Waals surface area contributed by atoms with Crippen LogP contribution in [0.3, 0.4) is 0 Å². The molecule has 2 amide bonds. The van der Waals surface area contributed by atoms with E-state index in [-0.39, 0.29) is 18.5 Å². The fourth-order valence-electron chi connectivity index (χ4n) is 3.33. The van der Waals surface area contributed by atoms with Gasteiger partial charge in [0.05, 0.1) is 12.7 Å². The van der Waals surface area contributed by atoms with E-state index in [9.17, 15) is 14.4 Å². The van der Waals surface area contributed by atoms with E-state index in [2.05, 4.69) is 0 Å². The van der Waals surface area contributed by atoms with Crippen LogP contribution >= 0.6 is 0 Å².